The summed E-state index contributed by atoms with van der Waals surface area (Å²) >= 11 is 0. The van der Waals surface area contributed by atoms with Gasteiger partial charge in [0, 0.05) is 6.54 Å². The molecule has 2 aliphatic rings. The molecule has 3 unspecified atom stereocenters. The van der Waals surface area contributed by atoms with Crippen LogP contribution < -0.4 is 0 Å². The third kappa shape index (κ3) is 2.18. The molecule has 0 amide bonds. The second-order valence-electron chi connectivity index (χ2n) is 6.29. The van der Waals surface area contributed by atoms with Crippen molar-refractivity contribution >= 4 is 10.0 Å². The van der Waals surface area contributed by atoms with Gasteiger partial charge in [-0.2, -0.15) is 4.31 Å². The first-order valence-electron chi connectivity index (χ1n) is 7.71. The first kappa shape index (κ1) is 14.0. The molecule has 2 heterocycles. The van der Waals surface area contributed by atoms with E-state index in [0.717, 1.165) is 24.8 Å². The first-order chi connectivity index (χ1) is 10.7. The number of sulfonamides is 1. The fourth-order valence-electron chi connectivity index (χ4n) is 4.02. The van der Waals surface area contributed by atoms with Gasteiger partial charge in [0.1, 0.15) is 0 Å². The number of nitrogens with zero attached hydrogens (tertiary/aromatic N) is 2. The van der Waals surface area contributed by atoms with E-state index in [4.69, 9.17) is 0 Å². The predicted octanol–water partition coefficient (Wildman–Crippen LogP) is 2.57. The summed E-state index contributed by atoms with van der Waals surface area (Å²) < 4.78 is 27.7. The highest BCUT2D eigenvalue weighted by Gasteiger charge is 2.46. The Bertz CT molecular complexity index is 743. The lowest BCUT2D eigenvalue weighted by atomic mass is 9.88. The second kappa shape index (κ2) is 5.21. The summed E-state index contributed by atoms with van der Waals surface area (Å²) in [6.07, 6.45) is 6.19. The number of benzene rings is 1. The van der Waals surface area contributed by atoms with Crippen molar-refractivity contribution in [3.05, 3.63) is 48.4 Å². The standard InChI is InChI=1S/C16H19N3O2S/c20-22(21,15-9-17-11-18-15)19-10-12-6-7-14(8-12)16(19)13-4-2-1-3-5-13/h1-5,9,11-12,14,16H,6-8,10H2,(H,17,18). The number of hydrogen-bond acceptors (Lipinski definition) is 3. The zero-order valence-electron chi connectivity index (χ0n) is 12.2. The molecule has 0 spiro atoms. The van der Waals surface area contributed by atoms with Gasteiger partial charge in [-0.3, -0.25) is 0 Å². The minimum atomic E-state index is -3.53. The van der Waals surface area contributed by atoms with Crippen molar-refractivity contribution in [2.45, 2.75) is 30.3 Å². The van der Waals surface area contributed by atoms with Crippen molar-refractivity contribution in [3.8, 4) is 0 Å². The van der Waals surface area contributed by atoms with Crippen molar-refractivity contribution < 1.29 is 8.42 Å². The Morgan fingerprint density at radius 2 is 2.00 bits per heavy atom. The van der Waals surface area contributed by atoms with E-state index in [0.29, 0.717) is 18.4 Å². The molecule has 6 heteroatoms. The Morgan fingerprint density at radius 1 is 1.18 bits per heavy atom. The highest BCUT2D eigenvalue weighted by atomic mass is 32.2. The second-order valence-corrected chi connectivity index (χ2v) is 8.14. The zero-order chi connectivity index (χ0) is 15.2. The summed E-state index contributed by atoms with van der Waals surface area (Å²) in [4.78, 5) is 6.63. The molecule has 2 fully saturated rings. The van der Waals surface area contributed by atoms with Crippen LogP contribution >= 0.6 is 0 Å². The Morgan fingerprint density at radius 3 is 2.73 bits per heavy atom. The molecule has 1 aliphatic heterocycles. The molecular formula is C16H19N3O2S. The quantitative estimate of drug-likeness (QED) is 0.946. The summed E-state index contributed by atoms with van der Waals surface area (Å²) in [5.74, 6) is 0.904. The van der Waals surface area contributed by atoms with E-state index in [9.17, 15) is 8.42 Å². The lowest BCUT2D eigenvalue weighted by molar-refractivity contribution is 0.177. The molecule has 4 rings (SSSR count). The average molecular weight is 317 g/mol. The molecule has 1 saturated carbocycles. The number of aromatic amines is 1. The van der Waals surface area contributed by atoms with Crippen LogP contribution in [0.15, 0.2) is 47.9 Å². The van der Waals surface area contributed by atoms with Crippen LogP contribution in [-0.2, 0) is 10.0 Å². The molecule has 116 valence electrons. The zero-order valence-corrected chi connectivity index (χ0v) is 13.0. The molecule has 1 aliphatic carbocycles. The number of imidazole rings is 1. The smallest absolute Gasteiger partial charge is 0.260 e. The van der Waals surface area contributed by atoms with Gasteiger partial charge in [-0.05, 0) is 36.7 Å². The summed E-state index contributed by atoms with van der Waals surface area (Å²) in [6, 6.07) is 9.96. The van der Waals surface area contributed by atoms with Gasteiger partial charge in [0.15, 0.2) is 5.03 Å². The maximum Gasteiger partial charge on any atom is 0.260 e. The van der Waals surface area contributed by atoms with E-state index in [-0.39, 0.29) is 11.1 Å². The van der Waals surface area contributed by atoms with Crippen LogP contribution in [0.2, 0.25) is 0 Å². The summed E-state index contributed by atoms with van der Waals surface area (Å²) in [7, 11) is -3.53. The maximum atomic E-state index is 13.0. The molecule has 0 radical (unpaired) electrons. The highest BCUT2D eigenvalue weighted by Crippen LogP contribution is 2.49. The van der Waals surface area contributed by atoms with Gasteiger partial charge in [0.05, 0.1) is 18.6 Å². The number of piperidine rings is 1. The fourth-order valence-corrected chi connectivity index (χ4v) is 5.66. The van der Waals surface area contributed by atoms with E-state index in [1.807, 2.05) is 30.3 Å². The summed E-state index contributed by atoms with van der Waals surface area (Å²) in [5.41, 5.74) is 1.09. The van der Waals surface area contributed by atoms with Crippen molar-refractivity contribution in [2.75, 3.05) is 6.54 Å². The Kier molecular flexibility index (Phi) is 3.31. The van der Waals surface area contributed by atoms with Gasteiger partial charge in [0.2, 0.25) is 0 Å². The molecule has 2 bridgehead atoms. The first-order valence-corrected chi connectivity index (χ1v) is 9.15. The Balaban J connectivity index is 1.79. The minimum absolute atomic E-state index is 0.0618. The molecule has 2 aromatic rings. The lowest BCUT2D eigenvalue weighted by Gasteiger charge is -2.39. The van der Waals surface area contributed by atoms with E-state index in [2.05, 4.69) is 9.97 Å². The molecule has 5 nitrogen and oxygen atoms in total. The van der Waals surface area contributed by atoms with E-state index >= 15 is 0 Å². The highest BCUT2D eigenvalue weighted by molar-refractivity contribution is 7.89. The lowest BCUT2D eigenvalue weighted by Crippen LogP contribution is -2.43. The molecule has 1 saturated heterocycles. The topological polar surface area (TPSA) is 66.1 Å². The van der Waals surface area contributed by atoms with Gasteiger partial charge in [0.25, 0.3) is 10.0 Å². The van der Waals surface area contributed by atoms with E-state index in [1.165, 1.54) is 12.5 Å². The van der Waals surface area contributed by atoms with Crippen molar-refractivity contribution in [3.63, 3.8) is 0 Å². The number of fused-ring (bicyclic) bond motifs is 2. The normalized spacial score (nSPS) is 28.8. The summed E-state index contributed by atoms with van der Waals surface area (Å²) in [6.45, 7) is 0.609. The Hall–Kier alpha value is -1.66. The van der Waals surface area contributed by atoms with Gasteiger partial charge in [-0.1, -0.05) is 30.3 Å². The van der Waals surface area contributed by atoms with E-state index in [1.54, 1.807) is 4.31 Å². The third-order valence-electron chi connectivity index (χ3n) is 4.98. The van der Waals surface area contributed by atoms with Gasteiger partial charge in [-0.15, -0.1) is 0 Å². The third-order valence-corrected chi connectivity index (χ3v) is 6.75. The minimum Gasteiger partial charge on any atom is -0.335 e. The average Bonchev–Trinajstić information content (AvgIpc) is 3.19. The van der Waals surface area contributed by atoms with Crippen molar-refractivity contribution in [2.24, 2.45) is 11.8 Å². The van der Waals surface area contributed by atoms with Crippen molar-refractivity contribution in [1.29, 1.82) is 0 Å². The van der Waals surface area contributed by atoms with Gasteiger partial charge in [-0.25, -0.2) is 13.4 Å². The number of nitrogens with one attached hydrogen (secondary N) is 1. The molecule has 3 atom stereocenters. The van der Waals surface area contributed by atoms with Crippen LogP contribution in [0.1, 0.15) is 30.9 Å². The molecular weight excluding hydrogens is 298 g/mol. The van der Waals surface area contributed by atoms with E-state index < -0.39 is 10.0 Å². The fraction of sp³-hybridized carbons (Fsp3) is 0.438. The maximum absolute atomic E-state index is 13.0. The van der Waals surface area contributed by atoms with Gasteiger partial charge >= 0.3 is 0 Å². The summed E-state index contributed by atoms with van der Waals surface area (Å²) in [5, 5.41) is 0.190. The van der Waals surface area contributed by atoms with Crippen molar-refractivity contribution in [1.82, 2.24) is 14.3 Å². The largest absolute Gasteiger partial charge is 0.335 e. The monoisotopic (exact) mass is 317 g/mol. The SMILES string of the molecule is O=S(=O)(c1cnc[nH]1)N1CC2CCC(C2)C1c1ccccc1. The Labute approximate surface area is 130 Å². The number of rotatable bonds is 3. The van der Waals surface area contributed by atoms with Gasteiger partial charge < -0.3 is 4.98 Å². The number of aromatic nitrogens is 2. The van der Waals surface area contributed by atoms with Crippen LogP contribution in [0.25, 0.3) is 0 Å². The van der Waals surface area contributed by atoms with Crippen LogP contribution in [-0.4, -0.2) is 29.2 Å². The number of H-pyrrole nitrogens is 1. The molecule has 1 N–H and O–H groups in total. The van der Waals surface area contributed by atoms with Crippen LogP contribution in [0.5, 0.6) is 0 Å². The van der Waals surface area contributed by atoms with Crippen LogP contribution in [0.3, 0.4) is 0 Å². The molecule has 22 heavy (non-hydrogen) atoms. The van der Waals surface area contributed by atoms with Crippen LogP contribution in [0, 0.1) is 11.8 Å². The number of hydrogen-bond donors (Lipinski definition) is 1. The molecule has 1 aromatic carbocycles. The van der Waals surface area contributed by atoms with Crippen LogP contribution in [0.4, 0.5) is 0 Å². The predicted molar refractivity (Wildman–Crippen MR) is 82.5 cm³/mol. The molecule has 1 aromatic heterocycles.